The van der Waals surface area contributed by atoms with Crippen LogP contribution in [-0.2, 0) is 16.1 Å². The summed E-state index contributed by atoms with van der Waals surface area (Å²) in [5, 5.41) is 3.22. The second kappa shape index (κ2) is 9.11. The number of hydrogen-bond acceptors (Lipinski definition) is 3. The summed E-state index contributed by atoms with van der Waals surface area (Å²) >= 11 is 6.42. The summed E-state index contributed by atoms with van der Waals surface area (Å²) in [6.45, 7) is 4.53. The standard InChI is InChI=1S/C22H25ClN2O3/c1-3-4-7-13-28-19-12-6-5-9-16(19)14-25-21-17(10-8-11-18(21)23)20(22(25)27)24-15(2)26/h5-6,8-12,20H,3-4,7,13-14H2,1-2H3,(H,24,26)/t20-/m0/s1. The van der Waals surface area contributed by atoms with Gasteiger partial charge in [0.25, 0.3) is 5.91 Å². The van der Waals surface area contributed by atoms with Crippen molar-refractivity contribution < 1.29 is 14.3 Å². The molecular formula is C22H25ClN2O3. The summed E-state index contributed by atoms with van der Waals surface area (Å²) < 4.78 is 5.95. The molecule has 5 nitrogen and oxygen atoms in total. The highest BCUT2D eigenvalue weighted by Gasteiger charge is 2.39. The molecule has 0 aliphatic carbocycles. The number of halogens is 1. The molecule has 2 amide bonds. The van der Waals surface area contributed by atoms with E-state index < -0.39 is 6.04 Å². The highest BCUT2D eigenvalue weighted by molar-refractivity contribution is 6.34. The van der Waals surface area contributed by atoms with E-state index in [0.29, 0.717) is 29.4 Å². The lowest BCUT2D eigenvalue weighted by atomic mass is 10.1. The number of carbonyl (C=O) groups excluding carboxylic acids is 2. The Bertz CT molecular complexity index is 869. The van der Waals surface area contributed by atoms with Gasteiger partial charge in [0.1, 0.15) is 11.8 Å². The maximum atomic E-state index is 13.1. The molecule has 0 bridgehead atoms. The lowest BCUT2D eigenvalue weighted by Crippen LogP contribution is -2.36. The predicted octanol–water partition coefficient (Wildman–Crippen LogP) is 4.63. The van der Waals surface area contributed by atoms with Crippen LogP contribution in [0.1, 0.15) is 50.3 Å². The third kappa shape index (κ3) is 4.30. The highest BCUT2D eigenvalue weighted by atomic mass is 35.5. The summed E-state index contributed by atoms with van der Waals surface area (Å²) in [6.07, 6.45) is 3.24. The molecule has 28 heavy (non-hydrogen) atoms. The molecule has 0 fully saturated rings. The first-order valence-electron chi connectivity index (χ1n) is 9.60. The van der Waals surface area contributed by atoms with Crippen molar-refractivity contribution in [3.8, 4) is 5.75 Å². The largest absolute Gasteiger partial charge is 0.493 e. The minimum absolute atomic E-state index is 0.195. The quantitative estimate of drug-likeness (QED) is 0.657. The van der Waals surface area contributed by atoms with Crippen molar-refractivity contribution in [3.63, 3.8) is 0 Å². The average molecular weight is 401 g/mol. The number of anilines is 1. The van der Waals surface area contributed by atoms with Crippen LogP contribution >= 0.6 is 11.6 Å². The highest BCUT2D eigenvalue weighted by Crippen LogP contribution is 2.42. The van der Waals surface area contributed by atoms with E-state index in [2.05, 4.69) is 12.2 Å². The molecule has 1 heterocycles. The van der Waals surface area contributed by atoms with Gasteiger partial charge in [0.15, 0.2) is 0 Å². The van der Waals surface area contributed by atoms with Crippen LogP contribution in [0.3, 0.4) is 0 Å². The van der Waals surface area contributed by atoms with E-state index in [1.807, 2.05) is 30.3 Å². The number of amides is 2. The van der Waals surface area contributed by atoms with E-state index in [1.165, 1.54) is 6.92 Å². The smallest absolute Gasteiger partial charge is 0.254 e. The van der Waals surface area contributed by atoms with Crippen LogP contribution in [0, 0.1) is 0 Å². The zero-order chi connectivity index (χ0) is 20.1. The van der Waals surface area contributed by atoms with Crippen LogP contribution in [0.25, 0.3) is 0 Å². The minimum atomic E-state index is -0.719. The van der Waals surface area contributed by atoms with Crippen LogP contribution in [0.2, 0.25) is 5.02 Å². The monoisotopic (exact) mass is 400 g/mol. The number of hydrogen-bond donors (Lipinski definition) is 1. The lowest BCUT2D eigenvalue weighted by Gasteiger charge is -2.21. The first kappa shape index (κ1) is 20.2. The first-order chi connectivity index (χ1) is 13.5. The topological polar surface area (TPSA) is 58.6 Å². The van der Waals surface area contributed by atoms with Gasteiger partial charge in [-0.2, -0.15) is 0 Å². The molecule has 0 unspecified atom stereocenters. The van der Waals surface area contributed by atoms with Gasteiger partial charge in [0.2, 0.25) is 5.91 Å². The molecule has 3 rings (SSSR count). The number of benzene rings is 2. The van der Waals surface area contributed by atoms with Crippen LogP contribution in [0.15, 0.2) is 42.5 Å². The number of fused-ring (bicyclic) bond motifs is 1. The Hall–Kier alpha value is -2.53. The number of para-hydroxylation sites is 2. The van der Waals surface area contributed by atoms with Crippen molar-refractivity contribution in [2.75, 3.05) is 11.5 Å². The zero-order valence-electron chi connectivity index (χ0n) is 16.2. The molecule has 0 saturated carbocycles. The SMILES string of the molecule is CCCCCOc1ccccc1CN1C(=O)[C@@H](NC(C)=O)c2cccc(Cl)c21. The molecule has 1 N–H and O–H groups in total. The first-order valence-corrected chi connectivity index (χ1v) is 9.98. The second-order valence-corrected chi connectivity index (χ2v) is 7.31. The van der Waals surface area contributed by atoms with Gasteiger partial charge in [-0.15, -0.1) is 0 Å². The van der Waals surface area contributed by atoms with Gasteiger partial charge in [0.05, 0.1) is 23.9 Å². The fraction of sp³-hybridized carbons (Fsp3) is 0.364. The Kier molecular flexibility index (Phi) is 6.57. The maximum absolute atomic E-state index is 13.1. The molecule has 1 aliphatic rings. The van der Waals surface area contributed by atoms with E-state index in [1.54, 1.807) is 17.0 Å². The third-order valence-corrected chi connectivity index (χ3v) is 5.07. The number of carbonyl (C=O) groups is 2. The molecule has 1 aliphatic heterocycles. The summed E-state index contributed by atoms with van der Waals surface area (Å²) in [5.74, 6) is 0.313. The van der Waals surface area contributed by atoms with E-state index >= 15 is 0 Å². The molecule has 2 aromatic rings. The Labute approximate surface area is 170 Å². The van der Waals surface area contributed by atoms with Gasteiger partial charge in [-0.05, 0) is 18.6 Å². The molecule has 0 saturated heterocycles. The number of ether oxygens (including phenoxy) is 1. The van der Waals surface area contributed by atoms with Gasteiger partial charge in [-0.1, -0.05) is 61.7 Å². The van der Waals surface area contributed by atoms with Crippen LogP contribution < -0.4 is 15.0 Å². The number of nitrogens with one attached hydrogen (secondary N) is 1. The van der Waals surface area contributed by atoms with Crippen molar-refractivity contribution in [1.29, 1.82) is 0 Å². The Morgan fingerprint density at radius 3 is 2.71 bits per heavy atom. The fourth-order valence-electron chi connectivity index (χ4n) is 3.43. The van der Waals surface area contributed by atoms with Crippen LogP contribution in [-0.4, -0.2) is 18.4 Å². The van der Waals surface area contributed by atoms with Crippen molar-refractivity contribution in [1.82, 2.24) is 5.32 Å². The van der Waals surface area contributed by atoms with Crippen LogP contribution in [0.4, 0.5) is 5.69 Å². The average Bonchev–Trinajstić information content (AvgIpc) is 2.93. The molecule has 0 radical (unpaired) electrons. The maximum Gasteiger partial charge on any atom is 0.254 e. The van der Waals surface area contributed by atoms with Crippen LogP contribution in [0.5, 0.6) is 5.75 Å². The van der Waals surface area contributed by atoms with E-state index in [9.17, 15) is 9.59 Å². The van der Waals surface area contributed by atoms with E-state index in [4.69, 9.17) is 16.3 Å². The summed E-state index contributed by atoms with van der Waals surface area (Å²) in [6, 6.07) is 12.4. The van der Waals surface area contributed by atoms with Gasteiger partial charge in [-0.25, -0.2) is 0 Å². The number of nitrogens with zero attached hydrogens (tertiary/aromatic N) is 1. The molecule has 0 aromatic heterocycles. The predicted molar refractivity (Wildman–Crippen MR) is 111 cm³/mol. The van der Waals surface area contributed by atoms with Crippen molar-refractivity contribution in [3.05, 3.63) is 58.6 Å². The zero-order valence-corrected chi connectivity index (χ0v) is 17.0. The summed E-state index contributed by atoms with van der Waals surface area (Å²) in [4.78, 5) is 26.3. The number of rotatable bonds is 8. The normalized spacial score (nSPS) is 15.5. The Morgan fingerprint density at radius 1 is 1.18 bits per heavy atom. The summed E-state index contributed by atoms with van der Waals surface area (Å²) in [5.41, 5.74) is 2.27. The van der Waals surface area contributed by atoms with Crippen molar-refractivity contribution in [2.45, 2.75) is 45.7 Å². The molecule has 0 spiro atoms. The fourth-order valence-corrected chi connectivity index (χ4v) is 3.71. The van der Waals surface area contributed by atoms with E-state index in [-0.39, 0.29) is 11.8 Å². The third-order valence-electron chi connectivity index (χ3n) is 4.77. The molecule has 148 valence electrons. The van der Waals surface area contributed by atoms with E-state index in [0.717, 1.165) is 30.6 Å². The van der Waals surface area contributed by atoms with Gasteiger partial charge < -0.3 is 15.0 Å². The van der Waals surface area contributed by atoms with Crippen molar-refractivity contribution in [2.24, 2.45) is 0 Å². The molecule has 1 atom stereocenters. The minimum Gasteiger partial charge on any atom is -0.493 e. The van der Waals surface area contributed by atoms with Crippen molar-refractivity contribution >= 4 is 29.1 Å². The van der Waals surface area contributed by atoms with Gasteiger partial charge >= 0.3 is 0 Å². The Balaban J connectivity index is 1.87. The van der Waals surface area contributed by atoms with Gasteiger partial charge in [0, 0.05) is 18.1 Å². The molecular weight excluding hydrogens is 376 g/mol. The second-order valence-electron chi connectivity index (χ2n) is 6.90. The molecule has 2 aromatic carbocycles. The summed E-state index contributed by atoms with van der Waals surface area (Å²) in [7, 11) is 0. The lowest BCUT2D eigenvalue weighted by molar-refractivity contribution is -0.126. The Morgan fingerprint density at radius 2 is 1.96 bits per heavy atom. The molecule has 6 heteroatoms. The van der Waals surface area contributed by atoms with Gasteiger partial charge in [-0.3, -0.25) is 9.59 Å². The number of unbranched alkanes of at least 4 members (excludes halogenated alkanes) is 2.